The van der Waals surface area contributed by atoms with Crippen LogP contribution in [0.15, 0.2) is 41.7 Å². The van der Waals surface area contributed by atoms with Gasteiger partial charge in [0.25, 0.3) is 0 Å². The molecule has 1 fully saturated rings. The van der Waals surface area contributed by atoms with E-state index in [0.29, 0.717) is 0 Å². The summed E-state index contributed by atoms with van der Waals surface area (Å²) in [4.78, 5) is 4.79. The number of ether oxygens (including phenoxy) is 1. The molecule has 1 aromatic heterocycles. The molecule has 0 aliphatic carbocycles. The Balaban J connectivity index is 0.00000300. The highest BCUT2D eigenvalue weighted by Gasteiger charge is 2.23. The molecule has 0 bridgehead atoms. The average molecular weight is 512 g/mol. The summed E-state index contributed by atoms with van der Waals surface area (Å²) < 4.78 is 7.90. The normalized spacial score (nSPS) is 17.6. The molecule has 160 valence electrons. The Kier molecular flexibility index (Phi) is 10.4. The fourth-order valence-electron chi connectivity index (χ4n) is 3.43. The second-order valence-corrected chi connectivity index (χ2v) is 7.17. The zero-order chi connectivity index (χ0) is 19.6. The number of hydrogen-bond acceptors (Lipinski definition) is 4. The van der Waals surface area contributed by atoms with E-state index >= 15 is 0 Å². The maximum Gasteiger partial charge on any atom is 0.191 e. The van der Waals surface area contributed by atoms with Crippen molar-refractivity contribution in [1.29, 1.82) is 0 Å². The molecule has 29 heavy (non-hydrogen) atoms. The highest BCUT2D eigenvalue weighted by Crippen LogP contribution is 2.15. The zero-order valence-electron chi connectivity index (χ0n) is 17.4. The van der Waals surface area contributed by atoms with Gasteiger partial charge in [0.1, 0.15) is 12.2 Å². The molecule has 2 heterocycles. The molecular formula is C21H33IN6O. The minimum absolute atomic E-state index is 0. The number of hydrogen-bond donors (Lipinski definition) is 2. The molecule has 1 aliphatic heterocycles. The van der Waals surface area contributed by atoms with Crippen molar-refractivity contribution in [1.82, 2.24) is 25.4 Å². The van der Waals surface area contributed by atoms with E-state index in [1.165, 1.54) is 5.56 Å². The van der Waals surface area contributed by atoms with Crippen LogP contribution in [0.3, 0.4) is 0 Å². The standard InChI is InChI=1S/C21H32N6O.HI/c1-3-20-26-24-16-27(20)14-13-23-21(25-17(2)19-10-7-15-28-19)22-12-11-18-8-5-4-6-9-18;/h4-6,8-9,16-17,19H,3,7,10-15H2,1-2H3,(H2,22,23,25);1H. The van der Waals surface area contributed by atoms with Crippen molar-refractivity contribution in [3.05, 3.63) is 48.0 Å². The number of aryl methyl sites for hydroxylation is 1. The molecule has 8 heteroatoms. The summed E-state index contributed by atoms with van der Waals surface area (Å²) >= 11 is 0. The minimum atomic E-state index is 0. The van der Waals surface area contributed by atoms with Gasteiger partial charge in [0.2, 0.25) is 0 Å². The lowest BCUT2D eigenvalue weighted by molar-refractivity contribution is 0.0890. The van der Waals surface area contributed by atoms with E-state index < -0.39 is 0 Å². The number of guanidine groups is 1. The number of aliphatic imine (C=N–C) groups is 1. The fraction of sp³-hybridized carbons (Fsp3) is 0.571. The van der Waals surface area contributed by atoms with E-state index in [4.69, 9.17) is 9.73 Å². The van der Waals surface area contributed by atoms with Gasteiger partial charge in [0.05, 0.1) is 12.1 Å². The van der Waals surface area contributed by atoms with Crippen LogP contribution in [-0.4, -0.2) is 52.6 Å². The molecular weight excluding hydrogens is 479 g/mol. The lowest BCUT2D eigenvalue weighted by Gasteiger charge is -2.23. The predicted octanol–water partition coefficient (Wildman–Crippen LogP) is 2.80. The van der Waals surface area contributed by atoms with Crippen LogP contribution in [-0.2, 0) is 24.1 Å². The molecule has 3 rings (SSSR count). The Morgan fingerprint density at radius 3 is 2.90 bits per heavy atom. The molecule has 2 aromatic rings. The largest absolute Gasteiger partial charge is 0.376 e. The predicted molar refractivity (Wildman–Crippen MR) is 127 cm³/mol. The van der Waals surface area contributed by atoms with Gasteiger partial charge in [-0.05, 0) is 31.7 Å². The number of nitrogens with one attached hydrogen (secondary N) is 2. The fourth-order valence-corrected chi connectivity index (χ4v) is 3.43. The van der Waals surface area contributed by atoms with Gasteiger partial charge in [-0.3, -0.25) is 4.99 Å². The monoisotopic (exact) mass is 512 g/mol. The second kappa shape index (κ2) is 12.8. The van der Waals surface area contributed by atoms with Crippen molar-refractivity contribution in [3.63, 3.8) is 0 Å². The number of benzene rings is 1. The van der Waals surface area contributed by atoms with Crippen LogP contribution < -0.4 is 10.6 Å². The SMILES string of the molecule is CCc1nncn1CCNC(=NCCc1ccccc1)NC(C)C1CCCO1.I. The maximum atomic E-state index is 5.82. The van der Waals surface area contributed by atoms with Crippen LogP contribution in [0.4, 0.5) is 0 Å². The summed E-state index contributed by atoms with van der Waals surface area (Å²) in [6, 6.07) is 10.7. The highest BCUT2D eigenvalue weighted by atomic mass is 127. The number of nitrogens with zero attached hydrogens (tertiary/aromatic N) is 4. The van der Waals surface area contributed by atoms with E-state index in [9.17, 15) is 0 Å². The van der Waals surface area contributed by atoms with E-state index in [-0.39, 0.29) is 36.1 Å². The topological polar surface area (TPSA) is 76.4 Å². The Labute approximate surface area is 190 Å². The number of aromatic nitrogens is 3. The first-order valence-corrected chi connectivity index (χ1v) is 10.3. The van der Waals surface area contributed by atoms with Gasteiger partial charge in [0, 0.05) is 32.7 Å². The molecule has 2 N–H and O–H groups in total. The molecule has 1 aromatic carbocycles. The van der Waals surface area contributed by atoms with Crippen LogP contribution in [0.2, 0.25) is 0 Å². The van der Waals surface area contributed by atoms with Crippen LogP contribution in [0.1, 0.15) is 38.1 Å². The Hall–Kier alpha value is -1.68. The molecule has 0 saturated carbocycles. The third kappa shape index (κ3) is 7.58. The molecule has 2 atom stereocenters. The smallest absolute Gasteiger partial charge is 0.191 e. The highest BCUT2D eigenvalue weighted by molar-refractivity contribution is 14.0. The minimum Gasteiger partial charge on any atom is -0.376 e. The Morgan fingerprint density at radius 1 is 1.34 bits per heavy atom. The van der Waals surface area contributed by atoms with Crippen LogP contribution in [0.25, 0.3) is 0 Å². The summed E-state index contributed by atoms with van der Waals surface area (Å²) in [6.07, 6.45) is 6.09. The van der Waals surface area contributed by atoms with E-state index in [1.807, 2.05) is 6.07 Å². The van der Waals surface area contributed by atoms with Crippen molar-refractivity contribution in [3.8, 4) is 0 Å². The average Bonchev–Trinajstić information content (AvgIpc) is 3.40. The summed E-state index contributed by atoms with van der Waals surface area (Å²) in [7, 11) is 0. The first-order valence-electron chi connectivity index (χ1n) is 10.3. The molecule has 1 aliphatic rings. The number of halogens is 1. The second-order valence-electron chi connectivity index (χ2n) is 7.17. The Morgan fingerprint density at radius 2 is 2.17 bits per heavy atom. The van der Waals surface area contributed by atoms with Gasteiger partial charge >= 0.3 is 0 Å². The molecule has 0 spiro atoms. The summed E-state index contributed by atoms with van der Waals surface area (Å²) in [5.41, 5.74) is 1.30. The van der Waals surface area contributed by atoms with Crippen molar-refractivity contribution in [2.45, 2.75) is 58.2 Å². The first-order chi connectivity index (χ1) is 13.8. The van der Waals surface area contributed by atoms with Gasteiger partial charge in [-0.2, -0.15) is 0 Å². The lowest BCUT2D eigenvalue weighted by Crippen LogP contribution is -2.47. The number of rotatable bonds is 9. The van der Waals surface area contributed by atoms with Crippen LogP contribution in [0.5, 0.6) is 0 Å². The van der Waals surface area contributed by atoms with Crippen molar-refractivity contribution >= 4 is 29.9 Å². The molecule has 0 amide bonds. The summed E-state index contributed by atoms with van der Waals surface area (Å²) in [5, 5.41) is 15.1. The summed E-state index contributed by atoms with van der Waals surface area (Å²) in [5.74, 6) is 1.84. The summed E-state index contributed by atoms with van der Waals surface area (Å²) in [6.45, 7) is 7.43. The van der Waals surface area contributed by atoms with Crippen molar-refractivity contribution in [2.24, 2.45) is 4.99 Å². The molecule has 2 unspecified atom stereocenters. The zero-order valence-corrected chi connectivity index (χ0v) is 19.7. The van der Waals surface area contributed by atoms with Gasteiger partial charge in [0.15, 0.2) is 5.96 Å². The van der Waals surface area contributed by atoms with Gasteiger partial charge in [-0.1, -0.05) is 37.3 Å². The third-order valence-electron chi connectivity index (χ3n) is 5.06. The third-order valence-corrected chi connectivity index (χ3v) is 5.06. The van der Waals surface area contributed by atoms with Crippen LogP contribution in [0, 0.1) is 0 Å². The maximum absolute atomic E-state index is 5.82. The first kappa shape index (κ1) is 23.6. The van der Waals surface area contributed by atoms with E-state index in [1.54, 1.807) is 6.33 Å². The molecule has 1 saturated heterocycles. The molecule has 0 radical (unpaired) electrons. The molecule has 7 nitrogen and oxygen atoms in total. The van der Waals surface area contributed by atoms with Crippen molar-refractivity contribution < 1.29 is 4.74 Å². The van der Waals surface area contributed by atoms with Gasteiger partial charge in [-0.15, -0.1) is 34.2 Å². The quantitative estimate of drug-likeness (QED) is 0.307. The van der Waals surface area contributed by atoms with Gasteiger partial charge < -0.3 is 19.9 Å². The lowest BCUT2D eigenvalue weighted by atomic mass is 10.1. The van der Waals surface area contributed by atoms with Gasteiger partial charge in [-0.25, -0.2) is 0 Å². The van der Waals surface area contributed by atoms with E-state index in [2.05, 4.69) is 63.5 Å². The van der Waals surface area contributed by atoms with Crippen LogP contribution >= 0.6 is 24.0 Å². The van der Waals surface area contributed by atoms with Crippen molar-refractivity contribution in [2.75, 3.05) is 19.7 Å². The van der Waals surface area contributed by atoms with E-state index in [0.717, 1.165) is 63.7 Å². The Bertz CT molecular complexity index is 730.